The van der Waals surface area contributed by atoms with E-state index in [4.69, 9.17) is 0 Å². The molecule has 0 aromatic rings. The molecular formula is C29H46O2. The molecule has 4 saturated carbocycles. The average Bonchev–Trinajstić information content (AvgIpc) is 3.40. The van der Waals surface area contributed by atoms with Crippen molar-refractivity contribution in [2.45, 2.75) is 111 Å². The summed E-state index contributed by atoms with van der Waals surface area (Å²) in [7, 11) is 0. The van der Waals surface area contributed by atoms with E-state index in [0.29, 0.717) is 11.8 Å². The topological polar surface area (TPSA) is 40.5 Å². The minimum absolute atomic E-state index is 0.0795. The quantitative estimate of drug-likeness (QED) is 0.493. The van der Waals surface area contributed by atoms with Crippen LogP contribution in [0.5, 0.6) is 0 Å². The fraction of sp³-hybridized carbons (Fsp3) is 0.862. The molecular weight excluding hydrogens is 380 g/mol. The number of rotatable bonds is 4. The molecule has 2 N–H and O–H groups in total. The van der Waals surface area contributed by atoms with Gasteiger partial charge in [0, 0.05) is 5.41 Å². The third-order valence-electron chi connectivity index (χ3n) is 11.2. The molecule has 0 aromatic carbocycles. The average molecular weight is 427 g/mol. The van der Waals surface area contributed by atoms with E-state index in [0.717, 1.165) is 56.3 Å². The second kappa shape index (κ2) is 7.45. The maximum Gasteiger partial charge on any atom is 0.0634 e. The molecule has 0 saturated heterocycles. The number of hydrogen-bond donors (Lipinski definition) is 2. The highest BCUT2D eigenvalue weighted by atomic mass is 16.3. The van der Waals surface area contributed by atoms with Crippen molar-refractivity contribution in [3.8, 4) is 0 Å². The van der Waals surface area contributed by atoms with Gasteiger partial charge in [-0.25, -0.2) is 0 Å². The molecule has 5 aliphatic rings. The second-order valence-electron chi connectivity index (χ2n) is 13.1. The largest absolute Gasteiger partial charge is 0.393 e. The van der Waals surface area contributed by atoms with Crippen molar-refractivity contribution in [3.63, 3.8) is 0 Å². The maximum atomic E-state index is 11.7. The summed E-state index contributed by atoms with van der Waals surface area (Å²) < 4.78 is 0. The number of allylic oxidation sites excluding steroid dienone is 3. The predicted molar refractivity (Wildman–Crippen MR) is 127 cm³/mol. The highest BCUT2D eigenvalue weighted by Crippen LogP contribution is 2.72. The van der Waals surface area contributed by atoms with Crippen molar-refractivity contribution in [2.75, 3.05) is 0 Å². The van der Waals surface area contributed by atoms with Crippen molar-refractivity contribution in [1.29, 1.82) is 0 Å². The van der Waals surface area contributed by atoms with E-state index in [-0.39, 0.29) is 28.5 Å². The Morgan fingerprint density at radius 2 is 1.87 bits per heavy atom. The molecule has 1 spiro atoms. The van der Waals surface area contributed by atoms with E-state index < -0.39 is 0 Å². The molecule has 174 valence electrons. The fourth-order valence-corrected chi connectivity index (χ4v) is 9.76. The standard InChI is InChI=1S/C29H46O2/c1-18(2)7-6-8-19(3)21-10-11-22-20-9-12-24-27(4,14-13-25(31)29(24)15-16-29)26(20)23(30)17-28(21,22)5/h7,12,19-23,25-26,30-31H,6,8-11,13-17H2,1-5H3/t19-,20+,21-,22+,23+,25+,26-,27+,28-/m1/s1. The van der Waals surface area contributed by atoms with Crippen LogP contribution in [0.1, 0.15) is 98.8 Å². The van der Waals surface area contributed by atoms with Crippen LogP contribution in [0.4, 0.5) is 0 Å². The van der Waals surface area contributed by atoms with Gasteiger partial charge in [-0.2, -0.15) is 0 Å². The summed E-state index contributed by atoms with van der Waals surface area (Å²) >= 11 is 0. The minimum Gasteiger partial charge on any atom is -0.393 e. The van der Waals surface area contributed by atoms with Crippen LogP contribution < -0.4 is 0 Å². The molecule has 9 atom stereocenters. The zero-order valence-corrected chi connectivity index (χ0v) is 20.7. The van der Waals surface area contributed by atoms with Crippen molar-refractivity contribution in [1.82, 2.24) is 0 Å². The van der Waals surface area contributed by atoms with Gasteiger partial charge < -0.3 is 10.2 Å². The van der Waals surface area contributed by atoms with Crippen molar-refractivity contribution < 1.29 is 10.2 Å². The van der Waals surface area contributed by atoms with Crippen LogP contribution in [0, 0.1) is 45.8 Å². The van der Waals surface area contributed by atoms with Gasteiger partial charge in [-0.3, -0.25) is 0 Å². The van der Waals surface area contributed by atoms with Crippen molar-refractivity contribution in [3.05, 3.63) is 23.3 Å². The van der Waals surface area contributed by atoms with Gasteiger partial charge >= 0.3 is 0 Å². The van der Waals surface area contributed by atoms with Gasteiger partial charge in [0.25, 0.3) is 0 Å². The van der Waals surface area contributed by atoms with Crippen LogP contribution >= 0.6 is 0 Å². The molecule has 0 radical (unpaired) electrons. The Kier molecular flexibility index (Phi) is 5.34. The van der Waals surface area contributed by atoms with E-state index >= 15 is 0 Å². The van der Waals surface area contributed by atoms with Crippen LogP contribution in [0.2, 0.25) is 0 Å². The molecule has 2 nitrogen and oxygen atoms in total. The fourth-order valence-electron chi connectivity index (χ4n) is 9.76. The third kappa shape index (κ3) is 3.17. The number of aliphatic hydroxyl groups is 2. The normalized spacial score (nSPS) is 48.3. The van der Waals surface area contributed by atoms with Gasteiger partial charge in [0.15, 0.2) is 0 Å². The minimum atomic E-state index is -0.184. The monoisotopic (exact) mass is 426 g/mol. The molecule has 31 heavy (non-hydrogen) atoms. The predicted octanol–water partition coefficient (Wildman–Crippen LogP) is 6.67. The summed E-state index contributed by atoms with van der Waals surface area (Å²) in [5, 5.41) is 22.5. The Labute approximate surface area is 190 Å². The van der Waals surface area contributed by atoms with Crippen LogP contribution in [-0.4, -0.2) is 22.4 Å². The molecule has 0 aromatic heterocycles. The van der Waals surface area contributed by atoms with Crippen LogP contribution in [0.3, 0.4) is 0 Å². The summed E-state index contributed by atoms with van der Waals surface area (Å²) in [6.45, 7) is 11.9. The molecule has 0 unspecified atom stereocenters. The van der Waals surface area contributed by atoms with E-state index in [1.165, 1.54) is 31.3 Å². The lowest BCUT2D eigenvalue weighted by atomic mass is 9.44. The summed E-state index contributed by atoms with van der Waals surface area (Å²) in [6, 6.07) is 0. The van der Waals surface area contributed by atoms with Gasteiger partial charge in [0.2, 0.25) is 0 Å². The second-order valence-corrected chi connectivity index (χ2v) is 13.1. The van der Waals surface area contributed by atoms with Gasteiger partial charge in [0.05, 0.1) is 12.2 Å². The molecule has 0 aliphatic heterocycles. The number of fused-ring (bicyclic) bond motifs is 6. The first-order valence-electron chi connectivity index (χ1n) is 13.3. The molecule has 0 heterocycles. The van der Waals surface area contributed by atoms with E-state index in [1.807, 2.05) is 0 Å². The highest BCUT2D eigenvalue weighted by Gasteiger charge is 2.67. The van der Waals surface area contributed by atoms with Crippen LogP contribution in [-0.2, 0) is 0 Å². The molecule has 2 heteroatoms. The Morgan fingerprint density at radius 1 is 1.13 bits per heavy atom. The first-order chi connectivity index (χ1) is 14.6. The first-order valence-corrected chi connectivity index (χ1v) is 13.3. The van der Waals surface area contributed by atoms with E-state index in [1.54, 1.807) is 5.57 Å². The summed E-state index contributed by atoms with van der Waals surface area (Å²) in [5.74, 6) is 3.27. The lowest BCUT2D eigenvalue weighted by Gasteiger charge is -2.61. The summed E-state index contributed by atoms with van der Waals surface area (Å²) in [4.78, 5) is 0. The molecule has 5 aliphatic carbocycles. The first kappa shape index (κ1) is 22.2. The van der Waals surface area contributed by atoms with Gasteiger partial charge in [-0.05, 0) is 118 Å². The number of hydrogen-bond acceptors (Lipinski definition) is 2. The molecule has 5 rings (SSSR count). The van der Waals surface area contributed by atoms with Crippen LogP contribution in [0.25, 0.3) is 0 Å². The Bertz CT molecular complexity index is 772. The summed E-state index contributed by atoms with van der Waals surface area (Å²) in [5.41, 5.74) is 3.45. The van der Waals surface area contributed by atoms with E-state index in [2.05, 4.69) is 46.8 Å². The lowest BCUT2D eigenvalue weighted by molar-refractivity contribution is -0.135. The van der Waals surface area contributed by atoms with Gasteiger partial charge in [-0.1, -0.05) is 44.1 Å². The number of aliphatic hydroxyl groups excluding tert-OH is 2. The highest BCUT2D eigenvalue weighted by molar-refractivity contribution is 5.37. The van der Waals surface area contributed by atoms with Gasteiger partial charge in [-0.15, -0.1) is 0 Å². The Hall–Kier alpha value is -0.600. The summed E-state index contributed by atoms with van der Waals surface area (Å²) in [6.07, 6.45) is 16.3. The van der Waals surface area contributed by atoms with E-state index in [9.17, 15) is 10.2 Å². The zero-order chi connectivity index (χ0) is 22.2. The SMILES string of the molecule is CC(C)=CCC[C@@H](C)[C@H]1CC[C@H]2[C@@H]3CC=C4C5(CC5)[C@@H](O)CC[C@]4(C)[C@H]3[C@@H](O)C[C@]12C. The molecule has 0 bridgehead atoms. The maximum absolute atomic E-state index is 11.7. The van der Waals surface area contributed by atoms with Crippen molar-refractivity contribution in [2.24, 2.45) is 45.8 Å². The molecule has 4 fully saturated rings. The smallest absolute Gasteiger partial charge is 0.0634 e. The third-order valence-corrected chi connectivity index (χ3v) is 11.2. The molecule has 0 amide bonds. The van der Waals surface area contributed by atoms with Crippen molar-refractivity contribution >= 4 is 0 Å². The zero-order valence-electron chi connectivity index (χ0n) is 20.7. The Balaban J connectivity index is 1.41. The lowest BCUT2D eigenvalue weighted by Crippen LogP contribution is -2.58. The van der Waals surface area contributed by atoms with Gasteiger partial charge in [0.1, 0.15) is 0 Å². The van der Waals surface area contributed by atoms with Crippen LogP contribution in [0.15, 0.2) is 23.3 Å². The Morgan fingerprint density at radius 3 is 2.55 bits per heavy atom.